The van der Waals surface area contributed by atoms with E-state index in [1.165, 1.54) is 18.3 Å². The van der Waals surface area contributed by atoms with Gasteiger partial charge in [0.1, 0.15) is 5.82 Å². The Kier molecular flexibility index (Phi) is 6.46. The molecule has 0 bridgehead atoms. The molecular formula is C24H29FN4OS. The number of nitrogens with one attached hydrogen (secondary N) is 1. The van der Waals surface area contributed by atoms with Crippen LogP contribution in [0.15, 0.2) is 40.8 Å². The topological polar surface area (TPSA) is 92.2 Å². The number of rotatable bonds is 6. The number of halogens is 1. The summed E-state index contributed by atoms with van der Waals surface area (Å²) in [6, 6.07) is 9.86. The number of fused-ring (bicyclic) bond motifs is 1. The fraction of sp³-hybridized carbons (Fsp3) is 0.333. The van der Waals surface area contributed by atoms with Crippen molar-refractivity contribution in [3.63, 3.8) is 0 Å². The molecule has 7 heteroatoms. The molecule has 0 spiro atoms. The third-order valence-corrected chi connectivity index (χ3v) is 8.22. The van der Waals surface area contributed by atoms with E-state index in [2.05, 4.69) is 4.36 Å². The molecule has 5 nitrogen and oxygen atoms in total. The van der Waals surface area contributed by atoms with Crippen LogP contribution in [-0.2, 0) is 9.73 Å². The maximum atomic E-state index is 13.6. The first kappa shape index (κ1) is 22.9. The normalized spacial score (nSPS) is 13.5. The van der Waals surface area contributed by atoms with E-state index in [1.807, 2.05) is 40.7 Å². The summed E-state index contributed by atoms with van der Waals surface area (Å²) in [7, 11) is -2.51. The first-order valence-corrected chi connectivity index (χ1v) is 12.1. The Bertz CT molecular complexity index is 1260. The number of aromatic nitrogens is 1. The van der Waals surface area contributed by atoms with Crippen LogP contribution < -0.4 is 5.73 Å². The SMILES string of the molecule is CCS(=O)(=Nc1nc(C(C)C)c(-c2ccc(F)cc2)c2cc(C=N)c(N)cc12)C(C)C. The standard InChI is InChI=1S/C24H29FN4OS/c1-6-31(30,15(4)5)29-24-20-12-21(27)17(13-26)11-19(20)22(23(28-24)14(2)3)16-7-9-18(25)10-8-16/h7-15,26H,6,27H2,1-5H3. The highest BCUT2D eigenvalue weighted by Gasteiger charge is 2.21. The second-order valence-electron chi connectivity index (χ2n) is 8.15. The lowest BCUT2D eigenvalue weighted by atomic mass is 9.91. The van der Waals surface area contributed by atoms with E-state index in [1.54, 1.807) is 18.2 Å². The lowest BCUT2D eigenvalue weighted by Gasteiger charge is -2.19. The fourth-order valence-electron chi connectivity index (χ4n) is 3.58. The lowest BCUT2D eigenvalue weighted by molar-refractivity contribution is 0.628. The van der Waals surface area contributed by atoms with Crippen LogP contribution in [0.3, 0.4) is 0 Å². The quantitative estimate of drug-likeness (QED) is 0.349. The van der Waals surface area contributed by atoms with Gasteiger partial charge in [-0.25, -0.2) is 13.6 Å². The van der Waals surface area contributed by atoms with Gasteiger partial charge in [-0.3, -0.25) is 0 Å². The number of anilines is 1. The largest absolute Gasteiger partial charge is 0.398 e. The first-order chi connectivity index (χ1) is 14.6. The zero-order valence-electron chi connectivity index (χ0n) is 18.6. The van der Waals surface area contributed by atoms with Gasteiger partial charge in [0.05, 0.1) is 15.4 Å². The minimum atomic E-state index is -2.51. The van der Waals surface area contributed by atoms with Crippen LogP contribution >= 0.6 is 0 Å². The zero-order valence-corrected chi connectivity index (χ0v) is 19.4. The van der Waals surface area contributed by atoms with Crippen LogP contribution in [-0.4, -0.2) is 26.4 Å². The van der Waals surface area contributed by atoms with Crippen LogP contribution in [0.1, 0.15) is 51.8 Å². The van der Waals surface area contributed by atoms with E-state index in [9.17, 15) is 8.60 Å². The predicted molar refractivity (Wildman–Crippen MR) is 129 cm³/mol. The van der Waals surface area contributed by atoms with Crippen LogP contribution in [0.4, 0.5) is 15.9 Å². The van der Waals surface area contributed by atoms with E-state index < -0.39 is 9.73 Å². The third kappa shape index (κ3) is 4.32. The molecule has 3 rings (SSSR count). The van der Waals surface area contributed by atoms with Gasteiger partial charge in [0, 0.05) is 39.4 Å². The van der Waals surface area contributed by atoms with E-state index in [0.717, 1.165) is 22.2 Å². The maximum absolute atomic E-state index is 13.6. The van der Waals surface area contributed by atoms with Gasteiger partial charge in [-0.05, 0) is 41.1 Å². The number of benzene rings is 2. The molecule has 0 fully saturated rings. The van der Waals surface area contributed by atoms with Crippen LogP contribution in [0.25, 0.3) is 21.9 Å². The van der Waals surface area contributed by atoms with Gasteiger partial charge in [0.15, 0.2) is 5.82 Å². The van der Waals surface area contributed by atoms with E-state index in [0.29, 0.717) is 28.2 Å². The molecule has 31 heavy (non-hydrogen) atoms. The Labute approximate surface area is 183 Å². The second-order valence-corrected chi connectivity index (χ2v) is 11.2. The van der Waals surface area contributed by atoms with Crippen LogP contribution in [0.2, 0.25) is 0 Å². The van der Waals surface area contributed by atoms with Crippen LogP contribution in [0.5, 0.6) is 0 Å². The summed E-state index contributed by atoms with van der Waals surface area (Å²) in [6.45, 7) is 9.72. The van der Waals surface area contributed by atoms with E-state index >= 15 is 0 Å². The van der Waals surface area contributed by atoms with Gasteiger partial charge in [0.2, 0.25) is 0 Å². The molecule has 164 valence electrons. The van der Waals surface area contributed by atoms with Crippen LogP contribution in [0, 0.1) is 11.2 Å². The van der Waals surface area contributed by atoms with Gasteiger partial charge >= 0.3 is 0 Å². The molecular weight excluding hydrogens is 411 g/mol. The highest BCUT2D eigenvalue weighted by molar-refractivity contribution is 7.94. The molecule has 1 heterocycles. The second kappa shape index (κ2) is 8.75. The Morgan fingerprint density at radius 2 is 1.81 bits per heavy atom. The molecule has 1 unspecified atom stereocenters. The van der Waals surface area contributed by atoms with E-state index in [-0.39, 0.29) is 17.0 Å². The van der Waals surface area contributed by atoms with Crippen molar-refractivity contribution in [2.24, 2.45) is 4.36 Å². The van der Waals surface area contributed by atoms with Crippen molar-refractivity contribution in [1.82, 2.24) is 4.98 Å². The number of nitrogens with two attached hydrogens (primary N) is 1. The van der Waals surface area contributed by atoms with Crippen molar-refractivity contribution < 1.29 is 8.60 Å². The average Bonchev–Trinajstić information content (AvgIpc) is 2.73. The van der Waals surface area contributed by atoms with Crippen molar-refractivity contribution in [2.45, 2.75) is 45.8 Å². The minimum absolute atomic E-state index is 0.0381. The molecule has 3 N–H and O–H groups in total. The number of hydrogen-bond donors (Lipinski definition) is 2. The molecule has 0 aliphatic rings. The van der Waals surface area contributed by atoms with Gasteiger partial charge in [-0.1, -0.05) is 46.8 Å². The predicted octanol–water partition coefficient (Wildman–Crippen LogP) is 6.27. The lowest BCUT2D eigenvalue weighted by Crippen LogP contribution is -2.15. The molecule has 0 saturated carbocycles. The summed E-state index contributed by atoms with van der Waals surface area (Å²) in [5, 5.41) is 9.09. The first-order valence-electron chi connectivity index (χ1n) is 10.4. The Balaban J connectivity index is 2.54. The number of nitrogen functional groups attached to an aromatic ring is 1. The summed E-state index contributed by atoms with van der Waals surface area (Å²) in [4.78, 5) is 4.86. The van der Waals surface area contributed by atoms with Crippen molar-refractivity contribution >= 4 is 38.2 Å². The monoisotopic (exact) mass is 440 g/mol. The third-order valence-electron chi connectivity index (χ3n) is 5.44. The van der Waals surface area contributed by atoms with E-state index in [4.69, 9.17) is 16.1 Å². The molecule has 1 atom stereocenters. The maximum Gasteiger partial charge on any atom is 0.169 e. The highest BCUT2D eigenvalue weighted by atomic mass is 32.2. The van der Waals surface area contributed by atoms with Crippen molar-refractivity contribution in [3.05, 3.63) is 53.5 Å². The molecule has 3 aromatic rings. The van der Waals surface area contributed by atoms with Gasteiger partial charge in [0.25, 0.3) is 0 Å². The smallest absolute Gasteiger partial charge is 0.169 e. The fourth-order valence-corrected chi connectivity index (χ4v) is 5.01. The van der Waals surface area contributed by atoms with Crippen molar-refractivity contribution in [1.29, 1.82) is 5.41 Å². The summed E-state index contributed by atoms with van der Waals surface area (Å²) in [5.41, 5.74) is 9.63. The molecule has 0 saturated heterocycles. The number of nitrogens with zero attached hydrogens (tertiary/aromatic N) is 2. The van der Waals surface area contributed by atoms with Gasteiger partial charge in [-0.2, -0.15) is 4.36 Å². The molecule has 0 radical (unpaired) electrons. The molecule has 0 aliphatic heterocycles. The molecule has 1 aromatic heterocycles. The summed E-state index contributed by atoms with van der Waals surface area (Å²) >= 11 is 0. The summed E-state index contributed by atoms with van der Waals surface area (Å²) < 4.78 is 31.7. The average molecular weight is 441 g/mol. The van der Waals surface area contributed by atoms with Crippen molar-refractivity contribution in [3.8, 4) is 11.1 Å². The highest BCUT2D eigenvalue weighted by Crippen LogP contribution is 2.40. The Hall–Kier alpha value is -2.80. The molecule has 0 aliphatic carbocycles. The summed E-state index contributed by atoms with van der Waals surface area (Å²) in [5.74, 6) is 0.533. The number of pyridine rings is 1. The van der Waals surface area contributed by atoms with Gasteiger partial charge < -0.3 is 11.1 Å². The number of hydrogen-bond acceptors (Lipinski definition) is 5. The molecule has 0 amide bonds. The zero-order chi connectivity index (χ0) is 22.9. The Morgan fingerprint density at radius 3 is 2.32 bits per heavy atom. The summed E-state index contributed by atoms with van der Waals surface area (Å²) in [6.07, 6.45) is 1.21. The van der Waals surface area contributed by atoms with Gasteiger partial charge in [-0.15, -0.1) is 0 Å². The van der Waals surface area contributed by atoms with Crippen molar-refractivity contribution in [2.75, 3.05) is 11.5 Å². The minimum Gasteiger partial charge on any atom is -0.398 e. The Morgan fingerprint density at radius 1 is 1.16 bits per heavy atom. The molecule has 2 aromatic carbocycles.